The van der Waals surface area contributed by atoms with Crippen molar-refractivity contribution in [3.05, 3.63) is 23.3 Å². The van der Waals surface area contributed by atoms with Crippen molar-refractivity contribution in [2.75, 3.05) is 0 Å². The van der Waals surface area contributed by atoms with Gasteiger partial charge in [0, 0.05) is 12.5 Å². The minimum absolute atomic E-state index is 0.0614. The third kappa shape index (κ3) is 4.58. The van der Waals surface area contributed by atoms with Gasteiger partial charge in [0.15, 0.2) is 5.78 Å². The molecule has 0 saturated heterocycles. The average Bonchev–Trinajstić information content (AvgIpc) is 2.26. The zero-order valence-electron chi connectivity index (χ0n) is 14.5. The second-order valence-electron chi connectivity index (χ2n) is 7.64. The molecule has 1 aromatic carbocycles. The topological polar surface area (TPSA) is 63.6 Å². The highest BCUT2D eigenvalue weighted by atomic mass is 16.5. The molecule has 0 aliphatic rings. The number of hydrogen-bond acceptors (Lipinski definition) is 4. The van der Waals surface area contributed by atoms with Crippen LogP contribution in [0.15, 0.2) is 12.1 Å². The molecule has 0 heterocycles. The number of ketones is 1. The number of rotatable bonds is 4. The quantitative estimate of drug-likeness (QED) is 0.513. The smallest absolute Gasteiger partial charge is 0.308 e. The van der Waals surface area contributed by atoms with E-state index < -0.39 is 5.97 Å². The van der Waals surface area contributed by atoms with Crippen LogP contribution in [0.4, 0.5) is 0 Å². The summed E-state index contributed by atoms with van der Waals surface area (Å²) in [5.41, 5.74) is 0.619. The van der Waals surface area contributed by atoms with Crippen LogP contribution in [-0.2, 0) is 10.2 Å². The van der Waals surface area contributed by atoms with Crippen LogP contribution in [0.5, 0.6) is 11.5 Å². The second-order valence-corrected chi connectivity index (χ2v) is 7.64. The largest absolute Gasteiger partial charge is 0.507 e. The van der Waals surface area contributed by atoms with E-state index in [1.807, 2.05) is 13.8 Å². The summed E-state index contributed by atoms with van der Waals surface area (Å²) in [5.74, 6) is -0.468. The summed E-state index contributed by atoms with van der Waals surface area (Å²) >= 11 is 0. The van der Waals surface area contributed by atoms with Crippen molar-refractivity contribution in [2.45, 2.75) is 60.3 Å². The average molecular weight is 306 g/mol. The lowest BCUT2D eigenvalue weighted by Gasteiger charge is -2.34. The summed E-state index contributed by atoms with van der Waals surface area (Å²) in [7, 11) is 0. The van der Waals surface area contributed by atoms with Gasteiger partial charge in [-0.2, -0.15) is 0 Å². The fraction of sp³-hybridized carbons (Fsp3) is 0.556. The Kier molecular flexibility index (Phi) is 5.06. The Balaban J connectivity index is 3.47. The first kappa shape index (κ1) is 18.2. The van der Waals surface area contributed by atoms with Crippen LogP contribution in [0.2, 0.25) is 0 Å². The Labute approximate surface area is 132 Å². The monoisotopic (exact) mass is 306 g/mol. The Bertz CT molecular complexity index is 592. The molecule has 1 N–H and O–H groups in total. The van der Waals surface area contributed by atoms with Crippen molar-refractivity contribution >= 4 is 11.8 Å². The van der Waals surface area contributed by atoms with Crippen molar-refractivity contribution in [3.63, 3.8) is 0 Å². The highest BCUT2D eigenvalue weighted by Gasteiger charge is 2.31. The number of ether oxygens (including phenoxy) is 1. The Hall–Kier alpha value is -1.84. The maximum Gasteiger partial charge on any atom is 0.308 e. The van der Waals surface area contributed by atoms with E-state index in [0.29, 0.717) is 5.75 Å². The van der Waals surface area contributed by atoms with E-state index in [2.05, 4.69) is 20.8 Å². The van der Waals surface area contributed by atoms with Gasteiger partial charge in [0.2, 0.25) is 0 Å². The van der Waals surface area contributed by atoms with Crippen molar-refractivity contribution in [3.8, 4) is 11.5 Å². The van der Waals surface area contributed by atoms with E-state index in [-0.39, 0.29) is 27.9 Å². The van der Waals surface area contributed by atoms with E-state index in [4.69, 9.17) is 4.74 Å². The van der Waals surface area contributed by atoms with Gasteiger partial charge >= 0.3 is 5.97 Å². The highest BCUT2D eigenvalue weighted by Crippen LogP contribution is 2.42. The molecule has 1 rings (SSSR count). The molecule has 4 heteroatoms. The number of phenols is 1. The first-order chi connectivity index (χ1) is 9.83. The lowest BCUT2D eigenvalue weighted by Crippen LogP contribution is -2.26. The van der Waals surface area contributed by atoms with E-state index in [9.17, 15) is 14.7 Å². The van der Waals surface area contributed by atoms with Crippen LogP contribution in [0.3, 0.4) is 0 Å². The predicted octanol–water partition coefficient (Wildman–Crippen LogP) is 4.23. The second kappa shape index (κ2) is 6.11. The molecule has 0 bridgehead atoms. The third-order valence-corrected chi connectivity index (χ3v) is 3.43. The lowest BCUT2D eigenvalue weighted by atomic mass is 9.72. The first-order valence-corrected chi connectivity index (χ1v) is 7.40. The van der Waals surface area contributed by atoms with Crippen molar-refractivity contribution < 1.29 is 19.4 Å². The molecule has 0 saturated carbocycles. The third-order valence-electron chi connectivity index (χ3n) is 3.43. The molecule has 4 nitrogen and oxygen atoms in total. The zero-order valence-corrected chi connectivity index (χ0v) is 14.5. The van der Waals surface area contributed by atoms with Gasteiger partial charge in [-0.15, -0.1) is 0 Å². The summed E-state index contributed by atoms with van der Waals surface area (Å²) in [6.45, 7) is 13.1. The molecular formula is C18H26O4. The number of benzene rings is 1. The molecule has 0 fully saturated rings. The summed E-state index contributed by atoms with van der Waals surface area (Å²) < 4.78 is 5.29. The number of carbonyl (C=O) groups is 2. The molecule has 1 aromatic rings. The number of carbonyl (C=O) groups excluding carboxylic acids is 2. The van der Waals surface area contributed by atoms with E-state index in [1.54, 1.807) is 6.07 Å². The summed E-state index contributed by atoms with van der Waals surface area (Å²) in [4.78, 5) is 23.0. The van der Waals surface area contributed by atoms with Gasteiger partial charge in [0.25, 0.3) is 0 Å². The first-order valence-electron chi connectivity index (χ1n) is 7.40. The standard InChI is InChI=1S/C18H26O4/c1-11(19)13-8-16(22-12(2)20)14(9-15(13)21)18(6,7)10-17(3,4)5/h8-9,21H,10H2,1-7H3. The molecular weight excluding hydrogens is 280 g/mol. The maximum absolute atomic E-state index is 11.6. The van der Waals surface area contributed by atoms with Gasteiger partial charge in [0.1, 0.15) is 11.5 Å². The van der Waals surface area contributed by atoms with Crippen LogP contribution in [0, 0.1) is 5.41 Å². The summed E-state index contributed by atoms with van der Waals surface area (Å²) in [6.07, 6.45) is 0.827. The van der Waals surface area contributed by atoms with Gasteiger partial charge in [-0.25, -0.2) is 0 Å². The van der Waals surface area contributed by atoms with E-state index in [1.165, 1.54) is 19.9 Å². The Morgan fingerprint density at radius 2 is 1.64 bits per heavy atom. The number of aromatic hydroxyl groups is 1. The molecule has 0 atom stereocenters. The Morgan fingerprint density at radius 3 is 2.05 bits per heavy atom. The molecule has 122 valence electrons. The van der Waals surface area contributed by atoms with Gasteiger partial charge in [0.05, 0.1) is 5.56 Å². The highest BCUT2D eigenvalue weighted by molar-refractivity contribution is 5.97. The van der Waals surface area contributed by atoms with E-state index in [0.717, 1.165) is 12.0 Å². The predicted molar refractivity (Wildman–Crippen MR) is 86.5 cm³/mol. The fourth-order valence-corrected chi connectivity index (χ4v) is 3.04. The lowest BCUT2D eigenvalue weighted by molar-refractivity contribution is -0.131. The van der Waals surface area contributed by atoms with Crippen LogP contribution in [0.25, 0.3) is 0 Å². The normalized spacial score (nSPS) is 12.1. The molecule has 22 heavy (non-hydrogen) atoms. The van der Waals surface area contributed by atoms with Crippen LogP contribution in [0.1, 0.15) is 70.8 Å². The number of esters is 1. The maximum atomic E-state index is 11.6. The molecule has 0 aliphatic carbocycles. The summed E-state index contributed by atoms with van der Waals surface area (Å²) in [6, 6.07) is 3.00. The van der Waals surface area contributed by atoms with Crippen molar-refractivity contribution in [2.24, 2.45) is 5.41 Å². The Morgan fingerprint density at radius 1 is 1.09 bits per heavy atom. The number of phenolic OH excluding ortho intramolecular Hbond substituents is 1. The number of Topliss-reactive ketones (excluding diaryl/α,β-unsaturated/α-hetero) is 1. The molecule has 0 aliphatic heterocycles. The van der Waals surface area contributed by atoms with Crippen LogP contribution >= 0.6 is 0 Å². The molecule has 0 amide bonds. The molecule has 0 radical (unpaired) electrons. The minimum Gasteiger partial charge on any atom is -0.507 e. The fourth-order valence-electron chi connectivity index (χ4n) is 3.04. The van der Waals surface area contributed by atoms with Crippen LogP contribution < -0.4 is 4.74 Å². The van der Waals surface area contributed by atoms with Crippen molar-refractivity contribution in [1.29, 1.82) is 0 Å². The van der Waals surface area contributed by atoms with Crippen molar-refractivity contribution in [1.82, 2.24) is 0 Å². The van der Waals surface area contributed by atoms with Gasteiger partial charge < -0.3 is 9.84 Å². The molecule has 0 unspecified atom stereocenters. The molecule has 0 aromatic heterocycles. The number of hydrogen-bond donors (Lipinski definition) is 1. The van der Waals surface area contributed by atoms with Gasteiger partial charge in [-0.1, -0.05) is 34.6 Å². The zero-order chi connectivity index (χ0) is 17.3. The SMILES string of the molecule is CC(=O)Oc1cc(C(C)=O)c(O)cc1C(C)(C)CC(C)(C)C. The van der Waals surface area contributed by atoms with Gasteiger partial charge in [-0.3, -0.25) is 9.59 Å². The molecule has 0 spiro atoms. The summed E-state index contributed by atoms with van der Waals surface area (Å²) in [5, 5.41) is 10.1. The minimum atomic E-state index is -0.451. The van der Waals surface area contributed by atoms with Gasteiger partial charge in [-0.05, 0) is 36.3 Å². The van der Waals surface area contributed by atoms with Crippen LogP contribution in [-0.4, -0.2) is 16.9 Å². The van der Waals surface area contributed by atoms with E-state index >= 15 is 0 Å².